The summed E-state index contributed by atoms with van der Waals surface area (Å²) >= 11 is 0. The fourth-order valence-corrected chi connectivity index (χ4v) is 2.61. The lowest BCUT2D eigenvalue weighted by atomic mass is 9.97. The Balaban J connectivity index is 2.10. The van der Waals surface area contributed by atoms with E-state index in [1.807, 2.05) is 12.1 Å². The van der Waals surface area contributed by atoms with Crippen LogP contribution in [0.3, 0.4) is 0 Å². The second-order valence-electron chi connectivity index (χ2n) is 4.94. The molecule has 1 aliphatic rings. The third-order valence-electron chi connectivity index (χ3n) is 3.68. The van der Waals surface area contributed by atoms with Gasteiger partial charge in [-0.25, -0.2) is 0 Å². The maximum atomic E-state index is 12.0. The van der Waals surface area contributed by atoms with Gasteiger partial charge in [0.15, 0.2) is 11.5 Å². The fraction of sp³-hybridized carbons (Fsp3) is 0.467. The molecule has 0 fully saturated rings. The zero-order valence-corrected chi connectivity index (χ0v) is 11.6. The molecule has 1 aromatic rings. The van der Waals surface area contributed by atoms with E-state index in [4.69, 9.17) is 14.6 Å². The Labute approximate surface area is 117 Å². The zero-order chi connectivity index (χ0) is 14.7. The lowest BCUT2D eigenvalue weighted by Gasteiger charge is -2.09. The van der Waals surface area contributed by atoms with Gasteiger partial charge in [-0.15, -0.1) is 0 Å². The summed E-state index contributed by atoms with van der Waals surface area (Å²) in [5.41, 5.74) is 2.16. The molecular formula is C15H18O5. The molecule has 5 heteroatoms. The summed E-state index contributed by atoms with van der Waals surface area (Å²) in [6.07, 6.45) is 1.29. The van der Waals surface area contributed by atoms with Gasteiger partial charge in [0.25, 0.3) is 0 Å². The Kier molecular flexibility index (Phi) is 4.27. The molecule has 0 aliphatic heterocycles. The summed E-state index contributed by atoms with van der Waals surface area (Å²) in [6.45, 7) is 0. The van der Waals surface area contributed by atoms with Gasteiger partial charge in [0.05, 0.1) is 20.6 Å². The van der Waals surface area contributed by atoms with Crippen molar-refractivity contribution in [2.45, 2.75) is 25.7 Å². The van der Waals surface area contributed by atoms with Gasteiger partial charge in [-0.05, 0) is 36.1 Å². The number of Topliss-reactive ketones (excluding diaryl/α,β-unsaturated/α-hetero) is 1. The van der Waals surface area contributed by atoms with Crippen molar-refractivity contribution in [2.24, 2.45) is 5.92 Å². The fourth-order valence-electron chi connectivity index (χ4n) is 2.61. The van der Waals surface area contributed by atoms with Crippen LogP contribution in [0.5, 0.6) is 11.5 Å². The Bertz CT molecular complexity index is 502. The summed E-state index contributed by atoms with van der Waals surface area (Å²) in [4.78, 5) is 22.5. The second kappa shape index (κ2) is 5.94. The van der Waals surface area contributed by atoms with Gasteiger partial charge in [0.1, 0.15) is 5.78 Å². The number of hydrogen-bond acceptors (Lipinski definition) is 4. The molecule has 0 amide bonds. The smallest absolute Gasteiger partial charge is 0.303 e. The van der Waals surface area contributed by atoms with Gasteiger partial charge in [-0.3, -0.25) is 9.59 Å². The molecule has 0 bridgehead atoms. The van der Waals surface area contributed by atoms with E-state index in [2.05, 4.69) is 0 Å². The second-order valence-corrected chi connectivity index (χ2v) is 4.94. The number of methoxy groups -OCH3 is 2. The van der Waals surface area contributed by atoms with Gasteiger partial charge in [-0.2, -0.15) is 0 Å². The maximum Gasteiger partial charge on any atom is 0.303 e. The third-order valence-corrected chi connectivity index (χ3v) is 3.68. The van der Waals surface area contributed by atoms with E-state index in [1.165, 1.54) is 0 Å². The molecule has 1 aliphatic carbocycles. The van der Waals surface area contributed by atoms with E-state index in [-0.39, 0.29) is 24.5 Å². The van der Waals surface area contributed by atoms with E-state index in [1.54, 1.807) is 14.2 Å². The number of fused-ring (bicyclic) bond motifs is 1. The van der Waals surface area contributed by atoms with Crippen molar-refractivity contribution in [3.63, 3.8) is 0 Å². The first-order valence-electron chi connectivity index (χ1n) is 6.53. The average molecular weight is 278 g/mol. The molecule has 0 unspecified atom stereocenters. The van der Waals surface area contributed by atoms with Crippen LogP contribution in [0.4, 0.5) is 0 Å². The first-order valence-corrected chi connectivity index (χ1v) is 6.53. The van der Waals surface area contributed by atoms with Crippen LogP contribution >= 0.6 is 0 Å². The van der Waals surface area contributed by atoms with Crippen molar-refractivity contribution in [1.29, 1.82) is 0 Å². The Hall–Kier alpha value is -2.04. The summed E-state index contributed by atoms with van der Waals surface area (Å²) in [5.74, 6) is 0.273. The number of ether oxygens (including phenoxy) is 2. The van der Waals surface area contributed by atoms with Crippen LogP contribution in [0.2, 0.25) is 0 Å². The standard InChI is InChI=1S/C15H18O5/c1-19-13-7-9-5-11(12(16)3-4-15(17)18)6-10(9)8-14(13)20-2/h7-8,11H,3-6H2,1-2H3,(H,17,18). The highest BCUT2D eigenvalue weighted by Crippen LogP contribution is 2.37. The van der Waals surface area contributed by atoms with Crippen LogP contribution in [0.25, 0.3) is 0 Å². The van der Waals surface area contributed by atoms with E-state index in [0.717, 1.165) is 11.1 Å². The number of benzene rings is 1. The quantitative estimate of drug-likeness (QED) is 0.859. The molecule has 0 radical (unpaired) electrons. The molecule has 1 N–H and O–H groups in total. The van der Waals surface area contributed by atoms with Crippen molar-refractivity contribution in [2.75, 3.05) is 14.2 Å². The highest BCUT2D eigenvalue weighted by atomic mass is 16.5. The molecule has 0 atom stereocenters. The average Bonchev–Trinajstić information content (AvgIpc) is 2.85. The predicted octanol–water partition coefficient (Wildman–Crippen LogP) is 1.85. The van der Waals surface area contributed by atoms with Gasteiger partial charge >= 0.3 is 5.97 Å². The highest BCUT2D eigenvalue weighted by molar-refractivity contribution is 5.85. The lowest BCUT2D eigenvalue weighted by Crippen LogP contribution is -2.15. The Morgan fingerprint density at radius 1 is 1.10 bits per heavy atom. The first kappa shape index (κ1) is 14.4. The minimum absolute atomic E-state index is 0.0153. The SMILES string of the molecule is COc1cc2c(cc1OC)CC(C(=O)CCC(=O)O)C2. The molecule has 20 heavy (non-hydrogen) atoms. The van der Waals surface area contributed by atoms with E-state index >= 15 is 0 Å². The van der Waals surface area contributed by atoms with Gasteiger partial charge in [0, 0.05) is 12.3 Å². The van der Waals surface area contributed by atoms with Crippen molar-refractivity contribution >= 4 is 11.8 Å². The molecule has 0 saturated carbocycles. The molecule has 108 valence electrons. The number of carbonyl (C=O) groups excluding carboxylic acids is 1. The van der Waals surface area contributed by atoms with Crippen molar-refractivity contribution in [1.82, 2.24) is 0 Å². The largest absolute Gasteiger partial charge is 0.493 e. The van der Waals surface area contributed by atoms with Crippen molar-refractivity contribution in [3.05, 3.63) is 23.3 Å². The van der Waals surface area contributed by atoms with E-state index < -0.39 is 5.97 Å². The minimum Gasteiger partial charge on any atom is -0.493 e. The zero-order valence-electron chi connectivity index (χ0n) is 11.6. The van der Waals surface area contributed by atoms with E-state index in [9.17, 15) is 9.59 Å². The molecule has 0 aromatic heterocycles. The number of carboxylic acids is 1. The molecule has 0 spiro atoms. The third kappa shape index (κ3) is 2.92. The minimum atomic E-state index is -0.933. The summed E-state index contributed by atoms with van der Waals surface area (Å²) < 4.78 is 10.5. The number of aliphatic carboxylic acids is 1. The molecule has 0 heterocycles. The molecule has 5 nitrogen and oxygen atoms in total. The van der Waals surface area contributed by atoms with Crippen LogP contribution in [0, 0.1) is 5.92 Å². The van der Waals surface area contributed by atoms with E-state index in [0.29, 0.717) is 24.3 Å². The topological polar surface area (TPSA) is 72.8 Å². The molecule has 2 rings (SSSR count). The summed E-state index contributed by atoms with van der Waals surface area (Å²) in [6, 6.07) is 3.80. The van der Waals surface area contributed by atoms with Crippen molar-refractivity contribution < 1.29 is 24.2 Å². The lowest BCUT2D eigenvalue weighted by molar-refractivity contribution is -0.139. The monoisotopic (exact) mass is 278 g/mol. The normalized spacial score (nSPS) is 13.9. The maximum absolute atomic E-state index is 12.0. The number of carboxylic acid groups (broad SMARTS) is 1. The molecule has 0 saturated heterocycles. The van der Waals surface area contributed by atoms with Crippen molar-refractivity contribution in [3.8, 4) is 11.5 Å². The van der Waals surface area contributed by atoms with Gasteiger partial charge in [0.2, 0.25) is 0 Å². The number of ketones is 1. The van der Waals surface area contributed by atoms with Crippen LogP contribution < -0.4 is 9.47 Å². The molecule has 1 aromatic carbocycles. The Morgan fingerprint density at radius 3 is 2.00 bits per heavy atom. The van der Waals surface area contributed by atoms with Crippen LogP contribution in [-0.4, -0.2) is 31.1 Å². The van der Waals surface area contributed by atoms with Crippen LogP contribution in [0.1, 0.15) is 24.0 Å². The van der Waals surface area contributed by atoms with Crippen LogP contribution in [-0.2, 0) is 22.4 Å². The number of hydrogen-bond donors (Lipinski definition) is 1. The predicted molar refractivity (Wildman–Crippen MR) is 72.3 cm³/mol. The van der Waals surface area contributed by atoms with Crippen LogP contribution in [0.15, 0.2) is 12.1 Å². The Morgan fingerprint density at radius 2 is 1.60 bits per heavy atom. The highest BCUT2D eigenvalue weighted by Gasteiger charge is 2.28. The number of carbonyl (C=O) groups is 2. The van der Waals surface area contributed by atoms with Gasteiger partial charge < -0.3 is 14.6 Å². The summed E-state index contributed by atoms with van der Waals surface area (Å²) in [7, 11) is 3.16. The number of rotatable bonds is 6. The summed E-state index contributed by atoms with van der Waals surface area (Å²) in [5, 5.41) is 8.63. The van der Waals surface area contributed by atoms with Gasteiger partial charge in [-0.1, -0.05) is 0 Å². The first-order chi connectivity index (χ1) is 9.55. The molecular weight excluding hydrogens is 260 g/mol.